The van der Waals surface area contributed by atoms with E-state index in [-0.39, 0.29) is 12.0 Å². The van der Waals surface area contributed by atoms with Crippen molar-refractivity contribution in [1.82, 2.24) is 5.32 Å². The molecule has 0 bridgehead atoms. The Hall–Kier alpha value is -0.610. The van der Waals surface area contributed by atoms with Crippen LogP contribution in [0.4, 0.5) is 0 Å². The molecular weight excluding hydrogens is 144 g/mol. The zero-order chi connectivity index (χ0) is 8.27. The second kappa shape index (κ2) is 3.69. The Morgan fingerprint density at radius 2 is 2.55 bits per heavy atom. The topological polar surface area (TPSA) is 64.4 Å². The van der Waals surface area contributed by atoms with E-state index in [2.05, 4.69) is 5.32 Å². The highest BCUT2D eigenvalue weighted by Gasteiger charge is 2.27. The van der Waals surface area contributed by atoms with Crippen LogP contribution in [0.2, 0.25) is 0 Å². The molecule has 0 saturated carbocycles. The average Bonchev–Trinajstić information content (AvgIpc) is 2.53. The number of hydrogen-bond acceptors (Lipinski definition) is 3. The zero-order valence-electron chi connectivity index (χ0n) is 6.67. The number of carbonyl (C=O) groups is 1. The Kier molecular flexibility index (Phi) is 2.84. The van der Waals surface area contributed by atoms with E-state index >= 15 is 0 Å². The van der Waals surface area contributed by atoms with Crippen LogP contribution in [0.3, 0.4) is 0 Å². The fraction of sp³-hybridized carbons (Fsp3) is 0.857. The molecule has 11 heavy (non-hydrogen) atoms. The molecule has 1 heterocycles. The van der Waals surface area contributed by atoms with Gasteiger partial charge in [0.05, 0.1) is 6.10 Å². The Morgan fingerprint density at radius 3 is 3.00 bits per heavy atom. The SMILES string of the molecule is CNC(=O)C(N)C1CCCO1. The number of nitrogens with two attached hydrogens (primary N) is 1. The second-order valence-corrected chi connectivity index (χ2v) is 2.69. The van der Waals surface area contributed by atoms with Crippen molar-refractivity contribution < 1.29 is 9.53 Å². The predicted octanol–water partition coefficient (Wildman–Crippen LogP) is -0.761. The number of likely N-dealkylation sites (N-methyl/N-ethyl adjacent to an activating group) is 1. The largest absolute Gasteiger partial charge is 0.376 e. The van der Waals surface area contributed by atoms with Crippen LogP contribution in [-0.2, 0) is 9.53 Å². The maximum absolute atomic E-state index is 11.0. The Labute approximate surface area is 66.1 Å². The van der Waals surface area contributed by atoms with E-state index in [1.54, 1.807) is 7.05 Å². The van der Waals surface area contributed by atoms with E-state index in [1.807, 2.05) is 0 Å². The molecule has 0 aromatic rings. The number of hydrogen-bond donors (Lipinski definition) is 2. The fourth-order valence-electron chi connectivity index (χ4n) is 1.22. The molecule has 0 radical (unpaired) electrons. The third kappa shape index (κ3) is 1.91. The lowest BCUT2D eigenvalue weighted by Gasteiger charge is -2.16. The third-order valence-electron chi connectivity index (χ3n) is 1.91. The van der Waals surface area contributed by atoms with Gasteiger partial charge in [-0.3, -0.25) is 4.79 Å². The molecule has 1 aliphatic heterocycles. The molecule has 0 aromatic carbocycles. The monoisotopic (exact) mass is 158 g/mol. The quantitative estimate of drug-likeness (QED) is 0.555. The van der Waals surface area contributed by atoms with Gasteiger partial charge in [0.2, 0.25) is 5.91 Å². The van der Waals surface area contributed by atoms with Gasteiger partial charge in [0, 0.05) is 13.7 Å². The van der Waals surface area contributed by atoms with Crippen LogP contribution >= 0.6 is 0 Å². The smallest absolute Gasteiger partial charge is 0.239 e. The first-order valence-corrected chi connectivity index (χ1v) is 3.84. The minimum Gasteiger partial charge on any atom is -0.376 e. The lowest BCUT2D eigenvalue weighted by molar-refractivity contribution is -0.124. The van der Waals surface area contributed by atoms with E-state index < -0.39 is 6.04 Å². The van der Waals surface area contributed by atoms with Crippen molar-refractivity contribution in [3.05, 3.63) is 0 Å². The van der Waals surface area contributed by atoms with Crippen LogP contribution in [0.15, 0.2) is 0 Å². The van der Waals surface area contributed by atoms with E-state index in [1.165, 1.54) is 0 Å². The summed E-state index contributed by atoms with van der Waals surface area (Å²) in [4.78, 5) is 11.0. The first kappa shape index (κ1) is 8.49. The summed E-state index contributed by atoms with van der Waals surface area (Å²) in [5.41, 5.74) is 5.60. The minimum atomic E-state index is -0.498. The summed E-state index contributed by atoms with van der Waals surface area (Å²) in [5.74, 6) is -0.142. The number of carbonyl (C=O) groups excluding carboxylic acids is 1. The van der Waals surface area contributed by atoms with Crippen molar-refractivity contribution in [3.63, 3.8) is 0 Å². The van der Waals surface area contributed by atoms with Crippen molar-refractivity contribution in [2.45, 2.75) is 25.0 Å². The van der Waals surface area contributed by atoms with Crippen molar-refractivity contribution >= 4 is 5.91 Å². The summed E-state index contributed by atoms with van der Waals surface area (Å²) in [5, 5.41) is 2.50. The highest BCUT2D eigenvalue weighted by molar-refractivity contribution is 5.81. The first-order valence-electron chi connectivity index (χ1n) is 3.84. The van der Waals surface area contributed by atoms with Gasteiger partial charge in [-0.2, -0.15) is 0 Å². The molecular formula is C7H14N2O2. The second-order valence-electron chi connectivity index (χ2n) is 2.69. The van der Waals surface area contributed by atoms with Crippen LogP contribution in [0.1, 0.15) is 12.8 Å². The van der Waals surface area contributed by atoms with Crippen LogP contribution in [-0.4, -0.2) is 31.7 Å². The molecule has 1 aliphatic rings. The van der Waals surface area contributed by atoms with Gasteiger partial charge in [0.25, 0.3) is 0 Å². The van der Waals surface area contributed by atoms with Gasteiger partial charge in [-0.25, -0.2) is 0 Å². The Morgan fingerprint density at radius 1 is 1.82 bits per heavy atom. The number of ether oxygens (including phenoxy) is 1. The maximum Gasteiger partial charge on any atom is 0.239 e. The summed E-state index contributed by atoms with van der Waals surface area (Å²) in [6.45, 7) is 0.732. The zero-order valence-corrected chi connectivity index (χ0v) is 6.67. The maximum atomic E-state index is 11.0. The molecule has 1 amide bonds. The van der Waals surface area contributed by atoms with E-state index in [9.17, 15) is 4.79 Å². The van der Waals surface area contributed by atoms with Crippen molar-refractivity contribution in [2.24, 2.45) is 5.73 Å². The normalized spacial score (nSPS) is 26.5. The molecule has 4 heteroatoms. The lowest BCUT2D eigenvalue weighted by atomic mass is 10.1. The third-order valence-corrected chi connectivity index (χ3v) is 1.91. The molecule has 1 fully saturated rings. The van der Waals surface area contributed by atoms with Gasteiger partial charge in [-0.05, 0) is 12.8 Å². The molecule has 2 unspecified atom stereocenters. The summed E-state index contributed by atoms with van der Waals surface area (Å²) in [6.07, 6.45) is 1.83. The fourth-order valence-corrected chi connectivity index (χ4v) is 1.22. The van der Waals surface area contributed by atoms with Gasteiger partial charge in [-0.15, -0.1) is 0 Å². The van der Waals surface area contributed by atoms with E-state index in [4.69, 9.17) is 10.5 Å². The van der Waals surface area contributed by atoms with Crippen LogP contribution in [0, 0.1) is 0 Å². The number of amides is 1. The Balaban J connectivity index is 2.39. The molecule has 0 spiro atoms. The predicted molar refractivity (Wildman–Crippen MR) is 41.0 cm³/mol. The molecule has 0 aliphatic carbocycles. The lowest BCUT2D eigenvalue weighted by Crippen LogP contribution is -2.46. The summed E-state index contributed by atoms with van der Waals surface area (Å²) in [7, 11) is 1.58. The summed E-state index contributed by atoms with van der Waals surface area (Å²) < 4.78 is 5.25. The summed E-state index contributed by atoms with van der Waals surface area (Å²) >= 11 is 0. The van der Waals surface area contributed by atoms with Crippen LogP contribution < -0.4 is 11.1 Å². The van der Waals surface area contributed by atoms with Crippen molar-refractivity contribution in [3.8, 4) is 0 Å². The molecule has 1 saturated heterocycles. The average molecular weight is 158 g/mol. The molecule has 0 aromatic heterocycles. The van der Waals surface area contributed by atoms with Gasteiger partial charge < -0.3 is 15.8 Å². The highest BCUT2D eigenvalue weighted by Crippen LogP contribution is 2.14. The van der Waals surface area contributed by atoms with Gasteiger partial charge >= 0.3 is 0 Å². The standard InChI is InChI=1S/C7H14N2O2/c1-9-7(10)6(8)5-3-2-4-11-5/h5-6H,2-4,8H2,1H3,(H,9,10). The number of rotatable bonds is 2. The van der Waals surface area contributed by atoms with Crippen LogP contribution in [0.5, 0.6) is 0 Å². The van der Waals surface area contributed by atoms with Crippen LogP contribution in [0.25, 0.3) is 0 Å². The summed E-state index contributed by atoms with van der Waals surface area (Å²) in [6, 6.07) is -0.498. The van der Waals surface area contributed by atoms with Gasteiger partial charge in [-0.1, -0.05) is 0 Å². The first-order chi connectivity index (χ1) is 5.25. The minimum absolute atomic E-state index is 0.0741. The van der Waals surface area contributed by atoms with E-state index in [0.29, 0.717) is 0 Å². The Bertz CT molecular complexity index is 143. The van der Waals surface area contributed by atoms with Crippen molar-refractivity contribution in [1.29, 1.82) is 0 Å². The molecule has 4 nitrogen and oxygen atoms in total. The number of nitrogens with one attached hydrogen (secondary N) is 1. The van der Waals surface area contributed by atoms with E-state index in [0.717, 1.165) is 19.4 Å². The highest BCUT2D eigenvalue weighted by atomic mass is 16.5. The molecule has 2 atom stereocenters. The molecule has 1 rings (SSSR count). The van der Waals surface area contributed by atoms with Crippen molar-refractivity contribution in [2.75, 3.05) is 13.7 Å². The molecule has 3 N–H and O–H groups in total. The van der Waals surface area contributed by atoms with Gasteiger partial charge in [0.1, 0.15) is 6.04 Å². The molecule has 64 valence electrons. The van der Waals surface area contributed by atoms with Gasteiger partial charge in [0.15, 0.2) is 0 Å².